The number of carbonyl (C=O) groups is 1. The second-order valence-electron chi connectivity index (χ2n) is 4.40. The molecule has 4 nitrogen and oxygen atoms in total. The zero-order chi connectivity index (χ0) is 13.7. The van der Waals surface area contributed by atoms with Crippen LogP contribution in [0.5, 0.6) is 11.5 Å². The molecule has 0 atom stereocenters. The summed E-state index contributed by atoms with van der Waals surface area (Å²) in [6.45, 7) is 2.19. The van der Waals surface area contributed by atoms with Crippen molar-refractivity contribution in [3.8, 4) is 11.5 Å². The van der Waals surface area contributed by atoms with E-state index < -0.39 is 0 Å². The number of phenolic OH excluding ortho intramolecular Hbond substituents is 1. The van der Waals surface area contributed by atoms with E-state index in [4.69, 9.17) is 4.74 Å². The molecular formula is C14H19NO3. The fraction of sp³-hybridized carbons (Fsp3) is 0.357. The van der Waals surface area contributed by atoms with Crippen molar-refractivity contribution in [2.24, 2.45) is 0 Å². The van der Waals surface area contributed by atoms with Crippen LogP contribution >= 0.6 is 0 Å². The number of carbonyl (C=O) groups excluding carboxylic acids is 1. The predicted molar refractivity (Wildman–Crippen MR) is 71.8 cm³/mol. The standard InChI is InChI=1S/C14H19NO3/c1-10(16)5-6-11-7-13(17)14(18-4)8-12(11)9-15(2)3/h5-8,17H,9H2,1-4H3/b6-5+. The molecular weight excluding hydrogens is 230 g/mol. The van der Waals surface area contributed by atoms with Gasteiger partial charge in [0, 0.05) is 6.54 Å². The van der Waals surface area contributed by atoms with Gasteiger partial charge in [-0.3, -0.25) is 4.79 Å². The maximum Gasteiger partial charge on any atom is 0.160 e. The second-order valence-corrected chi connectivity index (χ2v) is 4.40. The Kier molecular flexibility index (Phi) is 4.92. The van der Waals surface area contributed by atoms with Gasteiger partial charge in [0.05, 0.1) is 7.11 Å². The van der Waals surface area contributed by atoms with E-state index in [1.165, 1.54) is 20.1 Å². The summed E-state index contributed by atoms with van der Waals surface area (Å²) in [5, 5.41) is 9.76. The van der Waals surface area contributed by atoms with Crippen LogP contribution in [0.4, 0.5) is 0 Å². The lowest BCUT2D eigenvalue weighted by atomic mass is 10.0. The van der Waals surface area contributed by atoms with Crippen molar-refractivity contribution in [3.05, 3.63) is 29.3 Å². The average Bonchev–Trinajstić information content (AvgIpc) is 2.28. The summed E-state index contributed by atoms with van der Waals surface area (Å²) < 4.78 is 5.09. The lowest BCUT2D eigenvalue weighted by Gasteiger charge is -2.14. The van der Waals surface area contributed by atoms with Gasteiger partial charge in [-0.25, -0.2) is 0 Å². The largest absolute Gasteiger partial charge is 0.504 e. The van der Waals surface area contributed by atoms with Crippen molar-refractivity contribution >= 4 is 11.9 Å². The zero-order valence-corrected chi connectivity index (χ0v) is 11.2. The molecule has 0 saturated carbocycles. The summed E-state index contributed by atoms with van der Waals surface area (Å²) in [5.41, 5.74) is 1.81. The topological polar surface area (TPSA) is 49.8 Å². The van der Waals surface area contributed by atoms with E-state index >= 15 is 0 Å². The van der Waals surface area contributed by atoms with Gasteiger partial charge >= 0.3 is 0 Å². The number of methoxy groups -OCH3 is 1. The number of ether oxygens (including phenoxy) is 1. The van der Waals surface area contributed by atoms with Gasteiger partial charge in [0.25, 0.3) is 0 Å². The van der Waals surface area contributed by atoms with Gasteiger partial charge < -0.3 is 14.7 Å². The highest BCUT2D eigenvalue weighted by Crippen LogP contribution is 2.30. The Hall–Kier alpha value is -1.81. The van der Waals surface area contributed by atoms with E-state index in [0.717, 1.165) is 11.1 Å². The van der Waals surface area contributed by atoms with Gasteiger partial charge in [-0.2, -0.15) is 0 Å². The van der Waals surface area contributed by atoms with E-state index in [-0.39, 0.29) is 11.5 Å². The van der Waals surface area contributed by atoms with E-state index in [1.807, 2.05) is 19.0 Å². The number of allylic oxidation sites excluding steroid dienone is 1. The molecule has 0 amide bonds. The Bertz CT molecular complexity index is 464. The minimum atomic E-state index is -0.0267. The van der Waals surface area contributed by atoms with Crippen molar-refractivity contribution in [2.45, 2.75) is 13.5 Å². The third-order valence-electron chi connectivity index (χ3n) is 2.42. The van der Waals surface area contributed by atoms with Crippen molar-refractivity contribution in [1.29, 1.82) is 0 Å². The van der Waals surface area contributed by atoms with Gasteiger partial charge in [-0.15, -0.1) is 0 Å². The highest BCUT2D eigenvalue weighted by molar-refractivity contribution is 5.91. The van der Waals surface area contributed by atoms with Crippen LogP contribution in [0.2, 0.25) is 0 Å². The SMILES string of the molecule is COc1cc(CN(C)C)c(/C=C/C(C)=O)cc1O. The Balaban J connectivity index is 3.20. The zero-order valence-electron chi connectivity index (χ0n) is 11.2. The van der Waals surface area contributed by atoms with Crippen molar-refractivity contribution in [2.75, 3.05) is 21.2 Å². The van der Waals surface area contributed by atoms with Crippen LogP contribution in [-0.2, 0) is 11.3 Å². The summed E-state index contributed by atoms with van der Waals surface area (Å²) in [4.78, 5) is 13.0. The molecule has 0 heterocycles. The number of phenols is 1. The molecule has 0 aromatic heterocycles. The number of hydrogen-bond donors (Lipinski definition) is 1. The van der Waals surface area contributed by atoms with Crippen LogP contribution < -0.4 is 4.74 Å². The van der Waals surface area contributed by atoms with Crippen LogP contribution in [0.25, 0.3) is 6.08 Å². The van der Waals surface area contributed by atoms with Gasteiger partial charge in [0.15, 0.2) is 17.3 Å². The second kappa shape index (κ2) is 6.21. The first kappa shape index (κ1) is 14.3. The Morgan fingerprint density at radius 1 is 1.44 bits per heavy atom. The predicted octanol–water partition coefficient (Wildman–Crippen LogP) is 2.06. The number of aromatic hydroxyl groups is 1. The molecule has 1 rings (SSSR count). The molecule has 0 saturated heterocycles. The van der Waals surface area contributed by atoms with E-state index in [1.54, 1.807) is 18.2 Å². The molecule has 0 unspecified atom stereocenters. The molecule has 0 bridgehead atoms. The van der Waals surface area contributed by atoms with Crippen LogP contribution in [-0.4, -0.2) is 37.0 Å². The maximum atomic E-state index is 11.0. The van der Waals surface area contributed by atoms with Crippen LogP contribution in [0.1, 0.15) is 18.1 Å². The van der Waals surface area contributed by atoms with E-state index in [2.05, 4.69) is 0 Å². The molecule has 0 radical (unpaired) electrons. The molecule has 4 heteroatoms. The molecule has 0 spiro atoms. The number of benzene rings is 1. The summed E-state index contributed by atoms with van der Waals surface area (Å²) in [6.07, 6.45) is 3.20. The van der Waals surface area contributed by atoms with Crippen LogP contribution in [0.15, 0.2) is 18.2 Å². The molecule has 1 aromatic carbocycles. The molecule has 98 valence electrons. The smallest absolute Gasteiger partial charge is 0.160 e. The summed E-state index contributed by atoms with van der Waals surface area (Å²) in [5.74, 6) is 0.483. The van der Waals surface area contributed by atoms with Gasteiger partial charge in [0.2, 0.25) is 0 Å². The Morgan fingerprint density at radius 3 is 2.61 bits per heavy atom. The molecule has 0 fully saturated rings. The minimum Gasteiger partial charge on any atom is -0.504 e. The van der Waals surface area contributed by atoms with E-state index in [9.17, 15) is 9.90 Å². The lowest BCUT2D eigenvalue weighted by molar-refractivity contribution is -0.112. The minimum absolute atomic E-state index is 0.0267. The van der Waals surface area contributed by atoms with Gasteiger partial charge in [-0.05, 0) is 50.4 Å². The molecule has 1 N–H and O–H groups in total. The monoisotopic (exact) mass is 249 g/mol. The molecule has 0 aliphatic carbocycles. The first-order valence-corrected chi connectivity index (χ1v) is 5.67. The Labute approximate surface area is 107 Å². The lowest BCUT2D eigenvalue weighted by Crippen LogP contribution is -2.11. The van der Waals surface area contributed by atoms with Crippen LogP contribution in [0, 0.1) is 0 Å². The first-order valence-electron chi connectivity index (χ1n) is 5.67. The summed E-state index contributed by atoms with van der Waals surface area (Å²) >= 11 is 0. The molecule has 18 heavy (non-hydrogen) atoms. The van der Waals surface area contributed by atoms with Crippen LogP contribution in [0.3, 0.4) is 0 Å². The number of nitrogens with zero attached hydrogens (tertiary/aromatic N) is 1. The third-order valence-corrected chi connectivity index (χ3v) is 2.42. The maximum absolute atomic E-state index is 11.0. The molecule has 0 aliphatic heterocycles. The number of rotatable bonds is 5. The van der Waals surface area contributed by atoms with Gasteiger partial charge in [0.1, 0.15) is 0 Å². The average molecular weight is 249 g/mol. The van der Waals surface area contributed by atoms with Gasteiger partial charge in [-0.1, -0.05) is 6.08 Å². The fourth-order valence-electron chi connectivity index (χ4n) is 1.63. The van der Waals surface area contributed by atoms with Crippen molar-refractivity contribution in [3.63, 3.8) is 0 Å². The number of hydrogen-bond acceptors (Lipinski definition) is 4. The van der Waals surface area contributed by atoms with Crippen molar-refractivity contribution < 1.29 is 14.6 Å². The summed E-state index contributed by atoms with van der Waals surface area (Å²) in [7, 11) is 5.43. The molecule has 1 aromatic rings. The normalized spacial score (nSPS) is 11.2. The number of ketones is 1. The summed E-state index contributed by atoms with van der Waals surface area (Å²) in [6, 6.07) is 3.40. The Morgan fingerprint density at radius 2 is 2.11 bits per heavy atom. The fourth-order valence-corrected chi connectivity index (χ4v) is 1.63. The third kappa shape index (κ3) is 3.89. The quantitative estimate of drug-likeness (QED) is 0.812. The van der Waals surface area contributed by atoms with Crippen molar-refractivity contribution in [1.82, 2.24) is 4.90 Å². The highest BCUT2D eigenvalue weighted by Gasteiger charge is 2.09. The van der Waals surface area contributed by atoms with E-state index in [0.29, 0.717) is 12.3 Å². The first-order chi connectivity index (χ1) is 8.43. The molecule has 0 aliphatic rings. The highest BCUT2D eigenvalue weighted by atomic mass is 16.5.